The standard InChI is InChI=1S/C16H21NOS/c1-2-5-12-8-16(18)17(10-12)11-14-9-13-6-3-4-7-15(13)19-14/h3-4,6-7,12,14H,2,5,8-11H2,1H3. The number of thioether (sulfide) groups is 1. The molecule has 0 spiro atoms. The van der Waals surface area contributed by atoms with Gasteiger partial charge in [-0.1, -0.05) is 31.5 Å². The lowest BCUT2D eigenvalue weighted by Crippen LogP contribution is -2.32. The minimum Gasteiger partial charge on any atom is -0.341 e. The molecule has 2 heterocycles. The highest BCUT2D eigenvalue weighted by molar-refractivity contribution is 8.00. The minimum absolute atomic E-state index is 0.370. The molecular weight excluding hydrogens is 254 g/mol. The van der Waals surface area contributed by atoms with Gasteiger partial charge in [0.1, 0.15) is 0 Å². The van der Waals surface area contributed by atoms with Crippen LogP contribution in [0, 0.1) is 5.92 Å². The first kappa shape index (κ1) is 13.0. The second-order valence-electron chi connectivity index (χ2n) is 5.71. The van der Waals surface area contributed by atoms with Gasteiger partial charge in [-0.05, 0) is 30.4 Å². The Labute approximate surface area is 119 Å². The molecule has 1 aromatic carbocycles. The molecule has 102 valence electrons. The summed E-state index contributed by atoms with van der Waals surface area (Å²) in [4.78, 5) is 15.5. The van der Waals surface area contributed by atoms with Crippen molar-refractivity contribution in [3.8, 4) is 0 Å². The summed E-state index contributed by atoms with van der Waals surface area (Å²) >= 11 is 1.95. The van der Waals surface area contributed by atoms with Crippen LogP contribution in [-0.2, 0) is 11.2 Å². The van der Waals surface area contributed by atoms with E-state index in [2.05, 4.69) is 36.1 Å². The van der Waals surface area contributed by atoms with Crippen LogP contribution < -0.4 is 0 Å². The largest absolute Gasteiger partial charge is 0.341 e. The lowest BCUT2D eigenvalue weighted by Gasteiger charge is -2.20. The first-order valence-electron chi connectivity index (χ1n) is 7.28. The molecule has 0 aliphatic carbocycles. The van der Waals surface area contributed by atoms with Crippen molar-refractivity contribution in [2.75, 3.05) is 13.1 Å². The second-order valence-corrected chi connectivity index (χ2v) is 7.05. The molecule has 1 saturated heterocycles. The molecule has 19 heavy (non-hydrogen) atoms. The number of carbonyl (C=O) groups is 1. The molecule has 2 aliphatic rings. The topological polar surface area (TPSA) is 20.3 Å². The average Bonchev–Trinajstić information content (AvgIpc) is 2.94. The Kier molecular flexibility index (Phi) is 3.83. The molecule has 3 rings (SSSR count). The molecular formula is C16H21NOS. The van der Waals surface area contributed by atoms with Gasteiger partial charge < -0.3 is 4.90 Å². The van der Waals surface area contributed by atoms with Gasteiger partial charge in [-0.2, -0.15) is 0 Å². The van der Waals surface area contributed by atoms with Gasteiger partial charge in [-0.3, -0.25) is 4.79 Å². The van der Waals surface area contributed by atoms with Gasteiger partial charge in [0.25, 0.3) is 0 Å². The maximum Gasteiger partial charge on any atom is 0.222 e. The van der Waals surface area contributed by atoms with E-state index in [-0.39, 0.29) is 0 Å². The summed E-state index contributed by atoms with van der Waals surface area (Å²) in [6.45, 7) is 4.12. The first-order chi connectivity index (χ1) is 9.26. The number of hydrogen-bond acceptors (Lipinski definition) is 2. The molecule has 1 fully saturated rings. The molecule has 2 aliphatic heterocycles. The highest BCUT2D eigenvalue weighted by Gasteiger charge is 2.32. The molecule has 0 aromatic heterocycles. The Bertz CT molecular complexity index is 449. The summed E-state index contributed by atoms with van der Waals surface area (Å²) in [5, 5.41) is 0.557. The molecule has 2 unspecified atom stereocenters. The quantitative estimate of drug-likeness (QED) is 0.840. The van der Waals surface area contributed by atoms with Gasteiger partial charge in [-0.25, -0.2) is 0 Å². The zero-order valence-corrected chi connectivity index (χ0v) is 12.3. The maximum absolute atomic E-state index is 12.0. The Morgan fingerprint density at radius 3 is 2.95 bits per heavy atom. The van der Waals surface area contributed by atoms with E-state index in [1.165, 1.54) is 23.3 Å². The summed E-state index contributed by atoms with van der Waals surface area (Å²) in [7, 11) is 0. The van der Waals surface area contributed by atoms with E-state index in [4.69, 9.17) is 0 Å². The average molecular weight is 275 g/mol. The fourth-order valence-corrected chi connectivity index (χ4v) is 4.57. The smallest absolute Gasteiger partial charge is 0.222 e. The maximum atomic E-state index is 12.0. The summed E-state index contributed by atoms with van der Waals surface area (Å²) in [5.74, 6) is 0.973. The van der Waals surface area contributed by atoms with Crippen molar-refractivity contribution in [3.05, 3.63) is 29.8 Å². The molecule has 3 heteroatoms. The molecule has 0 radical (unpaired) electrons. The number of rotatable bonds is 4. The Hall–Kier alpha value is -0.960. The number of amides is 1. The van der Waals surface area contributed by atoms with Crippen molar-refractivity contribution in [1.29, 1.82) is 0 Å². The monoisotopic (exact) mass is 275 g/mol. The van der Waals surface area contributed by atoms with Crippen LogP contribution in [0.3, 0.4) is 0 Å². The third-order valence-corrected chi connectivity index (χ3v) is 5.43. The number of nitrogens with zero attached hydrogens (tertiary/aromatic N) is 1. The number of benzene rings is 1. The SMILES string of the molecule is CCCC1CC(=O)N(CC2Cc3ccccc3S2)C1. The normalized spacial score (nSPS) is 25.9. The van der Waals surface area contributed by atoms with Crippen molar-refractivity contribution >= 4 is 17.7 Å². The highest BCUT2D eigenvalue weighted by Crippen LogP contribution is 2.37. The van der Waals surface area contributed by atoms with Crippen LogP contribution in [0.5, 0.6) is 0 Å². The van der Waals surface area contributed by atoms with Crippen molar-refractivity contribution < 1.29 is 4.79 Å². The number of carbonyl (C=O) groups excluding carboxylic acids is 1. The van der Waals surface area contributed by atoms with Gasteiger partial charge in [0.05, 0.1) is 0 Å². The number of likely N-dealkylation sites (tertiary alicyclic amines) is 1. The van der Waals surface area contributed by atoms with Crippen molar-refractivity contribution in [2.45, 2.75) is 42.8 Å². The van der Waals surface area contributed by atoms with Gasteiger partial charge in [0.15, 0.2) is 0 Å². The molecule has 2 atom stereocenters. The van der Waals surface area contributed by atoms with Crippen molar-refractivity contribution in [1.82, 2.24) is 4.90 Å². The zero-order chi connectivity index (χ0) is 13.2. The summed E-state index contributed by atoms with van der Waals surface area (Å²) in [5.41, 5.74) is 1.45. The van der Waals surface area contributed by atoms with Crippen molar-refractivity contribution in [3.63, 3.8) is 0 Å². The summed E-state index contributed by atoms with van der Waals surface area (Å²) in [6, 6.07) is 8.63. The highest BCUT2D eigenvalue weighted by atomic mass is 32.2. The predicted octanol–water partition coefficient (Wildman–Crippen LogP) is 3.35. The van der Waals surface area contributed by atoms with Gasteiger partial charge >= 0.3 is 0 Å². The molecule has 0 N–H and O–H groups in total. The number of hydrogen-bond donors (Lipinski definition) is 0. The fourth-order valence-electron chi connectivity index (χ4n) is 3.23. The lowest BCUT2D eigenvalue weighted by atomic mass is 10.0. The third kappa shape index (κ3) is 2.81. The van der Waals surface area contributed by atoms with E-state index < -0.39 is 0 Å². The minimum atomic E-state index is 0.370. The predicted molar refractivity (Wildman–Crippen MR) is 79.4 cm³/mol. The zero-order valence-electron chi connectivity index (χ0n) is 11.5. The summed E-state index contributed by atoms with van der Waals surface area (Å²) < 4.78 is 0. The molecule has 0 bridgehead atoms. The van der Waals surface area contributed by atoms with Crippen LogP contribution in [0.1, 0.15) is 31.7 Å². The van der Waals surface area contributed by atoms with Crippen LogP contribution in [0.15, 0.2) is 29.2 Å². The Morgan fingerprint density at radius 2 is 2.16 bits per heavy atom. The molecule has 0 saturated carbocycles. The third-order valence-electron chi connectivity index (χ3n) is 4.13. The van der Waals surface area contributed by atoms with E-state index >= 15 is 0 Å². The van der Waals surface area contributed by atoms with Gasteiger partial charge in [-0.15, -0.1) is 11.8 Å². The fraction of sp³-hybridized carbons (Fsp3) is 0.562. The van der Waals surface area contributed by atoms with Crippen LogP contribution in [0.4, 0.5) is 0 Å². The van der Waals surface area contributed by atoms with Crippen LogP contribution >= 0.6 is 11.8 Å². The Balaban J connectivity index is 1.58. The van der Waals surface area contributed by atoms with E-state index in [0.717, 1.165) is 25.9 Å². The number of fused-ring (bicyclic) bond motifs is 1. The van der Waals surface area contributed by atoms with E-state index in [0.29, 0.717) is 17.1 Å². The van der Waals surface area contributed by atoms with Crippen LogP contribution in [-0.4, -0.2) is 29.1 Å². The summed E-state index contributed by atoms with van der Waals surface area (Å²) in [6.07, 6.45) is 4.27. The van der Waals surface area contributed by atoms with E-state index in [9.17, 15) is 4.79 Å². The second kappa shape index (κ2) is 5.58. The molecule has 1 aromatic rings. The first-order valence-corrected chi connectivity index (χ1v) is 8.16. The van der Waals surface area contributed by atoms with Gasteiger partial charge in [0, 0.05) is 29.7 Å². The molecule has 2 nitrogen and oxygen atoms in total. The van der Waals surface area contributed by atoms with Crippen LogP contribution in [0.2, 0.25) is 0 Å². The van der Waals surface area contributed by atoms with E-state index in [1.807, 2.05) is 11.8 Å². The molecule has 1 amide bonds. The Morgan fingerprint density at radius 1 is 1.32 bits per heavy atom. The van der Waals surface area contributed by atoms with Gasteiger partial charge in [0.2, 0.25) is 5.91 Å². The van der Waals surface area contributed by atoms with E-state index in [1.54, 1.807) is 0 Å². The lowest BCUT2D eigenvalue weighted by molar-refractivity contribution is -0.127. The van der Waals surface area contributed by atoms with Crippen molar-refractivity contribution in [2.24, 2.45) is 5.92 Å². The van der Waals surface area contributed by atoms with Crippen LogP contribution in [0.25, 0.3) is 0 Å².